The van der Waals surface area contributed by atoms with E-state index >= 15 is 0 Å². The first-order valence-electron chi connectivity index (χ1n) is 5.47. The number of morpholine rings is 1. The summed E-state index contributed by atoms with van der Waals surface area (Å²) in [4.78, 5) is 1.87. The molecule has 0 aliphatic carbocycles. The van der Waals surface area contributed by atoms with E-state index in [-0.39, 0.29) is 12.6 Å². The van der Waals surface area contributed by atoms with Crippen molar-refractivity contribution in [2.45, 2.75) is 18.8 Å². The minimum absolute atomic E-state index is 0.00386. The highest BCUT2D eigenvalue weighted by molar-refractivity contribution is 5.14. The van der Waals surface area contributed by atoms with Crippen LogP contribution in [0.4, 0.5) is 0 Å². The zero-order valence-electron chi connectivity index (χ0n) is 9.12. The van der Waals surface area contributed by atoms with Gasteiger partial charge in [0.25, 0.3) is 0 Å². The molecule has 0 bridgehead atoms. The van der Waals surface area contributed by atoms with Crippen LogP contribution in [0.25, 0.3) is 0 Å². The van der Waals surface area contributed by atoms with Crippen LogP contribution < -0.4 is 0 Å². The minimum Gasteiger partial charge on any atom is -0.395 e. The van der Waals surface area contributed by atoms with Crippen LogP contribution in [0.1, 0.15) is 5.56 Å². The van der Waals surface area contributed by atoms with Crippen LogP contribution in [0, 0.1) is 0 Å². The van der Waals surface area contributed by atoms with Gasteiger partial charge in [0.1, 0.15) is 6.23 Å². The molecule has 1 saturated heterocycles. The maximum Gasteiger partial charge on any atom is 0.131 e. The molecule has 1 aliphatic rings. The van der Waals surface area contributed by atoms with Crippen LogP contribution in [0.3, 0.4) is 0 Å². The van der Waals surface area contributed by atoms with Gasteiger partial charge in [0, 0.05) is 6.54 Å². The van der Waals surface area contributed by atoms with Crippen LogP contribution >= 0.6 is 0 Å². The summed E-state index contributed by atoms with van der Waals surface area (Å²) >= 11 is 0. The van der Waals surface area contributed by atoms with Gasteiger partial charge in [-0.25, -0.2) is 0 Å². The molecule has 4 nitrogen and oxygen atoms in total. The van der Waals surface area contributed by atoms with E-state index in [1.165, 1.54) is 0 Å². The molecule has 1 aromatic rings. The maximum atomic E-state index is 9.82. The molecule has 2 N–H and O–H groups in total. The fourth-order valence-electron chi connectivity index (χ4n) is 1.93. The highest BCUT2D eigenvalue weighted by Crippen LogP contribution is 2.15. The van der Waals surface area contributed by atoms with Gasteiger partial charge in [-0.2, -0.15) is 0 Å². The number of rotatable bonds is 3. The molecular weight excluding hydrogens is 206 g/mol. The number of hydrogen-bond acceptors (Lipinski definition) is 4. The van der Waals surface area contributed by atoms with Crippen molar-refractivity contribution in [2.75, 3.05) is 19.8 Å². The number of aliphatic hydroxyl groups is 2. The smallest absolute Gasteiger partial charge is 0.131 e. The van der Waals surface area contributed by atoms with Crippen molar-refractivity contribution in [3.05, 3.63) is 35.9 Å². The molecule has 1 aromatic carbocycles. The molecule has 0 spiro atoms. The van der Waals surface area contributed by atoms with Gasteiger partial charge < -0.3 is 14.9 Å². The Morgan fingerprint density at radius 3 is 2.69 bits per heavy atom. The second-order valence-electron chi connectivity index (χ2n) is 4.01. The molecule has 2 rings (SSSR count). The van der Waals surface area contributed by atoms with Gasteiger partial charge in [0.2, 0.25) is 0 Å². The molecule has 1 heterocycles. The average molecular weight is 223 g/mol. The van der Waals surface area contributed by atoms with E-state index in [2.05, 4.69) is 0 Å². The van der Waals surface area contributed by atoms with Crippen molar-refractivity contribution < 1.29 is 14.9 Å². The predicted molar refractivity (Wildman–Crippen MR) is 59.7 cm³/mol. The lowest BCUT2D eigenvalue weighted by Crippen LogP contribution is -2.53. The number of aliphatic hydroxyl groups excluding tert-OH is 2. The van der Waals surface area contributed by atoms with Crippen LogP contribution in [0.15, 0.2) is 30.3 Å². The Kier molecular flexibility index (Phi) is 3.90. The summed E-state index contributed by atoms with van der Waals surface area (Å²) in [5.74, 6) is 0. The SMILES string of the molecule is OC[C@@H]1COCC(O)N1Cc1ccccc1. The Hall–Kier alpha value is -0.940. The molecule has 88 valence electrons. The molecule has 0 saturated carbocycles. The van der Waals surface area contributed by atoms with E-state index in [1.54, 1.807) is 0 Å². The Morgan fingerprint density at radius 1 is 1.25 bits per heavy atom. The van der Waals surface area contributed by atoms with Crippen molar-refractivity contribution >= 4 is 0 Å². The van der Waals surface area contributed by atoms with Gasteiger partial charge in [-0.3, -0.25) is 4.90 Å². The number of ether oxygens (including phenoxy) is 1. The largest absolute Gasteiger partial charge is 0.395 e. The summed E-state index contributed by atoms with van der Waals surface area (Å²) < 4.78 is 5.20. The Balaban J connectivity index is 2.05. The quantitative estimate of drug-likeness (QED) is 0.768. The molecule has 1 unspecified atom stereocenters. The third kappa shape index (κ3) is 2.59. The van der Waals surface area contributed by atoms with Crippen LogP contribution in [-0.2, 0) is 11.3 Å². The fourth-order valence-corrected chi connectivity index (χ4v) is 1.93. The normalized spacial score (nSPS) is 26.9. The first-order valence-corrected chi connectivity index (χ1v) is 5.47. The van der Waals surface area contributed by atoms with Gasteiger partial charge in [-0.15, -0.1) is 0 Å². The predicted octanol–water partition coefficient (Wildman–Crippen LogP) is 0.198. The molecular formula is C12H17NO3. The summed E-state index contributed by atoms with van der Waals surface area (Å²) in [5, 5.41) is 19.0. The lowest BCUT2D eigenvalue weighted by atomic mass is 10.1. The second kappa shape index (κ2) is 5.41. The topological polar surface area (TPSA) is 52.9 Å². The summed E-state index contributed by atoms with van der Waals surface area (Å²) in [6.07, 6.45) is -0.633. The van der Waals surface area contributed by atoms with Crippen molar-refractivity contribution in [3.63, 3.8) is 0 Å². The standard InChI is InChI=1S/C12H17NO3/c14-7-11-8-16-9-12(15)13(11)6-10-4-2-1-3-5-10/h1-5,11-12,14-15H,6-9H2/t11-,12?/m1/s1. The van der Waals surface area contributed by atoms with E-state index in [0.717, 1.165) is 5.56 Å². The van der Waals surface area contributed by atoms with Crippen molar-refractivity contribution in [2.24, 2.45) is 0 Å². The number of benzene rings is 1. The van der Waals surface area contributed by atoms with Gasteiger partial charge in [0.15, 0.2) is 0 Å². The van der Waals surface area contributed by atoms with Crippen molar-refractivity contribution in [3.8, 4) is 0 Å². The van der Waals surface area contributed by atoms with Crippen LogP contribution in [0.2, 0.25) is 0 Å². The van der Waals surface area contributed by atoms with Crippen LogP contribution in [-0.4, -0.2) is 47.2 Å². The maximum absolute atomic E-state index is 9.82. The van der Waals surface area contributed by atoms with E-state index < -0.39 is 6.23 Å². The van der Waals surface area contributed by atoms with Gasteiger partial charge in [0.05, 0.1) is 25.9 Å². The molecule has 1 fully saturated rings. The zero-order chi connectivity index (χ0) is 11.4. The Bertz CT molecular complexity index is 317. The second-order valence-corrected chi connectivity index (χ2v) is 4.01. The Morgan fingerprint density at radius 2 is 2.00 bits per heavy atom. The van der Waals surface area contributed by atoms with Gasteiger partial charge in [-0.05, 0) is 5.56 Å². The van der Waals surface area contributed by atoms with E-state index in [9.17, 15) is 10.2 Å². The molecule has 2 atom stereocenters. The molecule has 4 heteroatoms. The minimum atomic E-state index is -0.633. The summed E-state index contributed by atoms with van der Waals surface area (Å²) in [5.41, 5.74) is 1.13. The number of hydrogen-bond donors (Lipinski definition) is 2. The Labute approximate surface area is 95.1 Å². The first-order chi connectivity index (χ1) is 7.81. The van der Waals surface area contributed by atoms with E-state index in [0.29, 0.717) is 19.8 Å². The highest BCUT2D eigenvalue weighted by Gasteiger charge is 2.29. The first kappa shape index (κ1) is 11.5. The van der Waals surface area contributed by atoms with Crippen LogP contribution in [0.5, 0.6) is 0 Å². The lowest BCUT2D eigenvalue weighted by Gasteiger charge is -2.38. The monoisotopic (exact) mass is 223 g/mol. The molecule has 1 aliphatic heterocycles. The molecule has 0 aromatic heterocycles. The van der Waals surface area contributed by atoms with Crippen molar-refractivity contribution in [1.82, 2.24) is 4.90 Å². The zero-order valence-corrected chi connectivity index (χ0v) is 9.12. The third-order valence-electron chi connectivity index (χ3n) is 2.85. The van der Waals surface area contributed by atoms with Gasteiger partial charge in [-0.1, -0.05) is 30.3 Å². The summed E-state index contributed by atoms with van der Waals surface area (Å²) in [7, 11) is 0. The van der Waals surface area contributed by atoms with E-state index in [4.69, 9.17) is 4.74 Å². The lowest BCUT2D eigenvalue weighted by molar-refractivity contribution is -0.148. The molecule has 0 radical (unpaired) electrons. The number of nitrogens with zero attached hydrogens (tertiary/aromatic N) is 1. The van der Waals surface area contributed by atoms with E-state index in [1.807, 2.05) is 35.2 Å². The summed E-state index contributed by atoms with van der Waals surface area (Å²) in [6.45, 7) is 1.42. The molecule has 0 amide bonds. The molecule has 16 heavy (non-hydrogen) atoms. The summed E-state index contributed by atoms with van der Waals surface area (Å²) in [6, 6.07) is 9.80. The van der Waals surface area contributed by atoms with Gasteiger partial charge >= 0.3 is 0 Å². The highest BCUT2D eigenvalue weighted by atomic mass is 16.5. The third-order valence-corrected chi connectivity index (χ3v) is 2.85. The van der Waals surface area contributed by atoms with Crippen molar-refractivity contribution in [1.29, 1.82) is 0 Å². The fraction of sp³-hybridized carbons (Fsp3) is 0.500. The average Bonchev–Trinajstić information content (AvgIpc) is 2.33.